The van der Waals surface area contributed by atoms with Gasteiger partial charge in [0.1, 0.15) is 0 Å². The molecule has 0 N–H and O–H groups in total. The van der Waals surface area contributed by atoms with E-state index in [1.165, 1.54) is 131 Å². The first-order valence-electron chi connectivity index (χ1n) is 20.1. The molecule has 0 aliphatic carbocycles. The van der Waals surface area contributed by atoms with E-state index >= 15 is 0 Å². The van der Waals surface area contributed by atoms with E-state index in [1.54, 1.807) is 0 Å². The van der Waals surface area contributed by atoms with Gasteiger partial charge in [-0.3, -0.25) is 0 Å². The Balaban J connectivity index is 1.09. The highest BCUT2D eigenvalue weighted by atomic mass is 15.0. The van der Waals surface area contributed by atoms with Gasteiger partial charge in [-0.1, -0.05) is 109 Å². The van der Waals surface area contributed by atoms with Crippen LogP contribution >= 0.6 is 0 Å². The van der Waals surface area contributed by atoms with Crippen LogP contribution in [0.3, 0.4) is 0 Å². The Morgan fingerprint density at radius 1 is 0.207 bits per heavy atom. The molecule has 266 valence electrons. The highest BCUT2D eigenvalue weighted by Gasteiger charge is 2.25. The SMILES string of the molecule is c1ccc(-n2c3ccccc3c3cc4c5cccc6c7cc8c(cc7n(c4cc32)c65)c2cccc3c4cc5c6ccccc6n(-c6ccccc6)c5cc4n8c23)cc1. The lowest BCUT2D eigenvalue weighted by Crippen LogP contribution is -1.93. The molecule has 0 saturated heterocycles. The molecule has 4 heteroatoms. The average Bonchev–Trinajstić information content (AvgIpc) is 4.10. The molecule has 6 heterocycles. The van der Waals surface area contributed by atoms with E-state index in [2.05, 4.69) is 200 Å². The lowest BCUT2D eigenvalue weighted by Gasteiger charge is -2.08. The van der Waals surface area contributed by atoms with Crippen molar-refractivity contribution in [1.29, 1.82) is 0 Å². The second-order valence-electron chi connectivity index (χ2n) is 16.1. The summed E-state index contributed by atoms with van der Waals surface area (Å²) in [7, 11) is 0. The van der Waals surface area contributed by atoms with Crippen molar-refractivity contribution < 1.29 is 0 Å². The summed E-state index contributed by atoms with van der Waals surface area (Å²) in [5, 5.41) is 15.5. The number of rotatable bonds is 2. The molecule has 0 saturated carbocycles. The summed E-state index contributed by atoms with van der Waals surface area (Å²) in [6.45, 7) is 0. The number of fused-ring (bicyclic) bond motifs is 18. The van der Waals surface area contributed by atoms with Crippen molar-refractivity contribution >= 4 is 120 Å². The third kappa shape index (κ3) is 3.38. The molecule has 9 aromatic carbocycles. The van der Waals surface area contributed by atoms with Crippen LogP contribution in [0.4, 0.5) is 0 Å². The van der Waals surface area contributed by atoms with Crippen molar-refractivity contribution in [2.45, 2.75) is 0 Å². The zero-order chi connectivity index (χ0) is 37.4. The monoisotopic (exact) mass is 734 g/mol. The van der Waals surface area contributed by atoms with Crippen LogP contribution in [0.2, 0.25) is 0 Å². The largest absolute Gasteiger partial charge is 0.309 e. The molecule has 15 rings (SSSR count). The van der Waals surface area contributed by atoms with E-state index < -0.39 is 0 Å². The molecule has 0 aliphatic rings. The molecular formula is C54H30N4. The van der Waals surface area contributed by atoms with Crippen molar-refractivity contribution in [2.75, 3.05) is 0 Å². The second kappa shape index (κ2) is 10.1. The van der Waals surface area contributed by atoms with Gasteiger partial charge in [0.25, 0.3) is 0 Å². The molecule has 0 fully saturated rings. The first-order valence-corrected chi connectivity index (χ1v) is 20.1. The van der Waals surface area contributed by atoms with Gasteiger partial charge in [0.2, 0.25) is 0 Å². The fraction of sp³-hybridized carbons (Fsp3) is 0. The maximum atomic E-state index is 2.55. The van der Waals surface area contributed by atoms with Gasteiger partial charge < -0.3 is 17.9 Å². The minimum absolute atomic E-state index is 1.17. The quantitative estimate of drug-likeness (QED) is 0.168. The van der Waals surface area contributed by atoms with E-state index in [9.17, 15) is 0 Å². The molecular weight excluding hydrogens is 705 g/mol. The van der Waals surface area contributed by atoms with Crippen molar-refractivity contribution in [1.82, 2.24) is 17.9 Å². The van der Waals surface area contributed by atoms with E-state index in [0.717, 1.165) is 0 Å². The summed E-state index contributed by atoms with van der Waals surface area (Å²) in [5.74, 6) is 0. The minimum Gasteiger partial charge on any atom is -0.309 e. The molecule has 0 radical (unpaired) electrons. The third-order valence-corrected chi connectivity index (χ3v) is 13.4. The Morgan fingerprint density at radius 2 is 0.534 bits per heavy atom. The number of hydrogen-bond donors (Lipinski definition) is 0. The van der Waals surface area contributed by atoms with Crippen molar-refractivity contribution in [3.05, 3.63) is 182 Å². The predicted molar refractivity (Wildman–Crippen MR) is 244 cm³/mol. The summed E-state index contributed by atoms with van der Waals surface area (Å²) < 4.78 is 9.97. The number of nitrogens with zero attached hydrogens (tertiary/aromatic N) is 4. The number of aromatic nitrogens is 4. The van der Waals surface area contributed by atoms with E-state index in [1.807, 2.05) is 0 Å². The Bertz CT molecular complexity index is 3960. The van der Waals surface area contributed by atoms with Crippen LogP contribution < -0.4 is 0 Å². The average molecular weight is 735 g/mol. The van der Waals surface area contributed by atoms with Crippen molar-refractivity contribution in [2.24, 2.45) is 0 Å². The standard InChI is InChI=1S/C54H30N4/c1-3-13-31(14-4-1)55-45-23-9-7-17-33(45)39-25-41-35-19-11-21-37-43-28-48-44(27-47(43)57(53(35)37)51(41)29-49(39)55)38-22-12-20-36-42-26-40-34-18-8-10-24-46(34)56(32-15-5-2-6-16-32)50(40)30-52(42)58(48)54(36)38/h1-30H. The minimum atomic E-state index is 1.17. The number of hydrogen-bond acceptors (Lipinski definition) is 0. The lowest BCUT2D eigenvalue weighted by atomic mass is 10.0. The van der Waals surface area contributed by atoms with Crippen LogP contribution in [-0.4, -0.2) is 17.9 Å². The molecule has 0 amide bonds. The van der Waals surface area contributed by atoms with Crippen LogP contribution in [0.5, 0.6) is 0 Å². The zero-order valence-corrected chi connectivity index (χ0v) is 31.1. The lowest BCUT2D eigenvalue weighted by molar-refractivity contribution is 1.18. The Hall–Kier alpha value is -7.82. The van der Waals surface area contributed by atoms with Gasteiger partial charge in [-0.05, 0) is 72.8 Å². The van der Waals surface area contributed by atoms with E-state index in [-0.39, 0.29) is 0 Å². The highest BCUT2D eigenvalue weighted by molar-refractivity contribution is 6.31. The third-order valence-electron chi connectivity index (χ3n) is 13.4. The molecule has 4 nitrogen and oxygen atoms in total. The molecule has 6 aromatic heterocycles. The fourth-order valence-electron chi connectivity index (χ4n) is 11.1. The second-order valence-corrected chi connectivity index (χ2v) is 16.1. The molecule has 0 atom stereocenters. The molecule has 0 unspecified atom stereocenters. The smallest absolute Gasteiger partial charge is 0.0620 e. The van der Waals surface area contributed by atoms with Gasteiger partial charge in [0, 0.05) is 76.0 Å². The van der Waals surface area contributed by atoms with Crippen LogP contribution in [0.25, 0.3) is 131 Å². The Morgan fingerprint density at radius 3 is 0.966 bits per heavy atom. The summed E-state index contributed by atoms with van der Waals surface area (Å²) >= 11 is 0. The molecule has 58 heavy (non-hydrogen) atoms. The van der Waals surface area contributed by atoms with Crippen LogP contribution in [0.1, 0.15) is 0 Å². The summed E-state index contributed by atoms with van der Waals surface area (Å²) in [5.41, 5.74) is 14.8. The number of para-hydroxylation sites is 6. The van der Waals surface area contributed by atoms with E-state index in [0.29, 0.717) is 0 Å². The van der Waals surface area contributed by atoms with Crippen LogP contribution in [0.15, 0.2) is 182 Å². The summed E-state index contributed by atoms with van der Waals surface area (Å²) in [4.78, 5) is 0. The van der Waals surface area contributed by atoms with Crippen LogP contribution in [0, 0.1) is 0 Å². The van der Waals surface area contributed by atoms with Gasteiger partial charge in [-0.15, -0.1) is 0 Å². The van der Waals surface area contributed by atoms with Gasteiger partial charge in [0.15, 0.2) is 0 Å². The topological polar surface area (TPSA) is 18.7 Å². The first kappa shape index (κ1) is 29.5. The zero-order valence-electron chi connectivity index (χ0n) is 31.1. The summed E-state index contributed by atoms with van der Waals surface area (Å²) in [6.07, 6.45) is 0. The first-order chi connectivity index (χ1) is 28.8. The van der Waals surface area contributed by atoms with Crippen molar-refractivity contribution in [3.8, 4) is 11.4 Å². The molecule has 0 bridgehead atoms. The Kier molecular flexibility index (Phi) is 5.14. The fourth-order valence-corrected chi connectivity index (χ4v) is 11.1. The normalized spacial score (nSPS) is 12.8. The van der Waals surface area contributed by atoms with Gasteiger partial charge in [-0.2, -0.15) is 0 Å². The maximum absolute atomic E-state index is 2.55. The van der Waals surface area contributed by atoms with Gasteiger partial charge in [-0.25, -0.2) is 0 Å². The predicted octanol–water partition coefficient (Wildman–Crippen LogP) is 14.2. The Labute approximate surface area is 329 Å². The van der Waals surface area contributed by atoms with E-state index in [4.69, 9.17) is 0 Å². The maximum Gasteiger partial charge on any atom is 0.0620 e. The van der Waals surface area contributed by atoms with Gasteiger partial charge in [0.05, 0.1) is 55.2 Å². The van der Waals surface area contributed by atoms with Crippen LogP contribution in [-0.2, 0) is 0 Å². The number of benzene rings is 9. The molecule has 15 aromatic rings. The van der Waals surface area contributed by atoms with Gasteiger partial charge >= 0.3 is 0 Å². The summed E-state index contributed by atoms with van der Waals surface area (Å²) in [6, 6.07) is 67.7. The van der Waals surface area contributed by atoms with Crippen molar-refractivity contribution in [3.63, 3.8) is 0 Å². The molecule has 0 spiro atoms. The molecule has 0 aliphatic heterocycles. The highest BCUT2D eigenvalue weighted by Crippen LogP contribution is 2.47.